The first kappa shape index (κ1) is 21.7. The van der Waals surface area contributed by atoms with E-state index < -0.39 is 16.1 Å². The molecule has 0 fully saturated rings. The summed E-state index contributed by atoms with van der Waals surface area (Å²) in [6.45, 7) is 0.162. The Labute approximate surface area is 197 Å². The summed E-state index contributed by atoms with van der Waals surface area (Å²) < 4.78 is 35.7. The zero-order chi connectivity index (χ0) is 23.5. The summed E-state index contributed by atoms with van der Waals surface area (Å²) in [6.07, 6.45) is 4.28. The van der Waals surface area contributed by atoms with Crippen molar-refractivity contribution in [1.29, 1.82) is 0 Å². The zero-order valence-electron chi connectivity index (χ0n) is 18.1. The lowest BCUT2D eigenvalue weighted by Crippen LogP contribution is -2.50. The van der Waals surface area contributed by atoms with E-state index in [2.05, 4.69) is 10.3 Å². The number of hydrogen-bond acceptors (Lipinski definition) is 5. The van der Waals surface area contributed by atoms with Crippen molar-refractivity contribution >= 4 is 21.6 Å². The van der Waals surface area contributed by atoms with Gasteiger partial charge < -0.3 is 14.6 Å². The third-order valence-corrected chi connectivity index (χ3v) is 7.36. The van der Waals surface area contributed by atoms with Crippen molar-refractivity contribution in [3.63, 3.8) is 0 Å². The number of carbonyl (C=O) groups excluding carboxylic acids is 1. The number of sulfonamides is 1. The minimum atomic E-state index is -3.87. The average Bonchev–Trinajstić information content (AvgIpc) is 3.42. The molecule has 1 aromatic heterocycles. The molecular formula is C25H22N4O4S. The van der Waals surface area contributed by atoms with Gasteiger partial charge in [0.2, 0.25) is 0 Å². The minimum absolute atomic E-state index is 0.125. The van der Waals surface area contributed by atoms with Gasteiger partial charge in [-0.3, -0.25) is 9.10 Å². The van der Waals surface area contributed by atoms with Crippen molar-refractivity contribution in [2.45, 2.75) is 17.5 Å². The topological polar surface area (TPSA) is 93.5 Å². The Morgan fingerprint density at radius 2 is 1.74 bits per heavy atom. The maximum Gasteiger partial charge on any atom is 0.264 e. The van der Waals surface area contributed by atoms with Crippen molar-refractivity contribution in [2.75, 3.05) is 10.8 Å². The number of ether oxygens (including phenoxy) is 1. The Morgan fingerprint density at radius 3 is 2.47 bits per heavy atom. The molecule has 9 heteroatoms. The highest BCUT2D eigenvalue weighted by atomic mass is 32.2. The van der Waals surface area contributed by atoms with Gasteiger partial charge in [-0.05, 0) is 42.0 Å². The van der Waals surface area contributed by atoms with Crippen molar-refractivity contribution in [2.24, 2.45) is 0 Å². The third kappa shape index (κ3) is 4.25. The summed E-state index contributed by atoms with van der Waals surface area (Å²) in [7, 11) is -3.87. The highest BCUT2D eigenvalue weighted by Crippen LogP contribution is 2.36. The van der Waals surface area contributed by atoms with Crippen molar-refractivity contribution in [1.82, 2.24) is 14.9 Å². The van der Waals surface area contributed by atoms with Crippen LogP contribution in [0.1, 0.15) is 5.56 Å². The van der Waals surface area contributed by atoms with Crippen LogP contribution in [0.4, 0.5) is 5.69 Å². The first-order chi connectivity index (χ1) is 16.5. The van der Waals surface area contributed by atoms with Gasteiger partial charge in [0.1, 0.15) is 5.75 Å². The molecule has 4 aromatic rings. The van der Waals surface area contributed by atoms with Crippen LogP contribution in [0, 0.1) is 0 Å². The molecule has 1 aliphatic rings. The number of anilines is 1. The molecule has 1 aliphatic heterocycles. The van der Waals surface area contributed by atoms with Crippen LogP contribution in [0.5, 0.6) is 5.75 Å². The summed E-state index contributed by atoms with van der Waals surface area (Å²) in [4.78, 5) is 17.2. The molecule has 0 saturated heterocycles. The number of benzene rings is 3. The molecule has 8 nitrogen and oxygen atoms in total. The predicted molar refractivity (Wildman–Crippen MR) is 127 cm³/mol. The first-order valence-electron chi connectivity index (χ1n) is 10.7. The highest BCUT2D eigenvalue weighted by molar-refractivity contribution is 7.92. The second kappa shape index (κ2) is 9.03. The number of fused-ring (bicyclic) bond motifs is 1. The lowest BCUT2D eigenvalue weighted by molar-refractivity contribution is -0.127. The Balaban J connectivity index is 1.32. The first-order valence-corrected chi connectivity index (χ1v) is 12.1. The maximum absolute atomic E-state index is 13.4. The summed E-state index contributed by atoms with van der Waals surface area (Å²) >= 11 is 0. The van der Waals surface area contributed by atoms with Crippen LogP contribution in [-0.4, -0.2) is 36.5 Å². The van der Waals surface area contributed by atoms with E-state index in [1.807, 2.05) is 35.0 Å². The fourth-order valence-corrected chi connectivity index (χ4v) is 5.28. The smallest absolute Gasteiger partial charge is 0.264 e. The molecule has 5 rings (SSSR count). The molecular weight excluding hydrogens is 452 g/mol. The van der Waals surface area contributed by atoms with E-state index in [0.29, 0.717) is 11.4 Å². The molecule has 0 unspecified atom stereocenters. The van der Waals surface area contributed by atoms with Gasteiger partial charge in [0.25, 0.3) is 15.9 Å². The molecule has 1 N–H and O–H groups in total. The monoisotopic (exact) mass is 474 g/mol. The van der Waals surface area contributed by atoms with Gasteiger partial charge in [0.05, 0.1) is 23.5 Å². The zero-order valence-corrected chi connectivity index (χ0v) is 18.9. The Kier molecular flexibility index (Phi) is 5.77. The number of nitrogens with one attached hydrogen (secondary N) is 1. The van der Waals surface area contributed by atoms with E-state index >= 15 is 0 Å². The lowest BCUT2D eigenvalue weighted by Gasteiger charge is -2.34. The van der Waals surface area contributed by atoms with Crippen LogP contribution in [0.2, 0.25) is 0 Å². The van der Waals surface area contributed by atoms with E-state index in [1.165, 1.54) is 16.4 Å². The van der Waals surface area contributed by atoms with Crippen LogP contribution < -0.4 is 14.4 Å². The second-order valence-corrected chi connectivity index (χ2v) is 9.64. The third-order valence-electron chi connectivity index (χ3n) is 5.56. The van der Waals surface area contributed by atoms with Crippen LogP contribution in [0.3, 0.4) is 0 Å². The van der Waals surface area contributed by atoms with Gasteiger partial charge in [-0.25, -0.2) is 13.4 Å². The highest BCUT2D eigenvalue weighted by Gasteiger charge is 2.37. The van der Waals surface area contributed by atoms with Crippen LogP contribution >= 0.6 is 0 Å². The molecule has 0 spiro atoms. The molecule has 0 bridgehead atoms. The van der Waals surface area contributed by atoms with E-state index in [9.17, 15) is 13.2 Å². The molecule has 2 heterocycles. The van der Waals surface area contributed by atoms with Crippen molar-refractivity contribution < 1.29 is 17.9 Å². The number of aromatic nitrogens is 2. The van der Waals surface area contributed by atoms with Gasteiger partial charge in [0, 0.05) is 24.6 Å². The Bertz CT molecular complexity index is 1390. The summed E-state index contributed by atoms with van der Waals surface area (Å²) in [6, 6.07) is 22.7. The van der Waals surface area contributed by atoms with Gasteiger partial charge in [-0.15, -0.1) is 0 Å². The van der Waals surface area contributed by atoms with Crippen LogP contribution in [0.25, 0.3) is 5.69 Å². The Morgan fingerprint density at radius 1 is 1.00 bits per heavy atom. The summed E-state index contributed by atoms with van der Waals surface area (Å²) in [5, 5.41) is 2.86. The molecule has 1 amide bonds. The van der Waals surface area contributed by atoms with E-state index in [0.717, 1.165) is 11.3 Å². The normalized spacial score (nSPS) is 15.3. The molecule has 34 heavy (non-hydrogen) atoms. The second-order valence-electron chi connectivity index (χ2n) is 7.78. The number of amides is 1. The van der Waals surface area contributed by atoms with Gasteiger partial charge in [0.15, 0.2) is 6.10 Å². The largest absolute Gasteiger partial charge is 0.476 e. The van der Waals surface area contributed by atoms with Gasteiger partial charge in [-0.2, -0.15) is 0 Å². The number of nitrogens with zero attached hydrogens (tertiary/aromatic N) is 3. The molecule has 0 radical (unpaired) electrons. The molecule has 0 saturated carbocycles. The molecule has 3 aromatic carbocycles. The van der Waals surface area contributed by atoms with Crippen molar-refractivity contribution in [3.05, 3.63) is 103 Å². The number of para-hydroxylation sites is 2. The maximum atomic E-state index is 13.4. The standard InChI is InChI=1S/C25H22N4O4S/c30-25(27-16-19-10-12-20(13-11-19)28-15-14-26-18-28)24-17-29(22-8-4-5-9-23(22)33-24)34(31,32)21-6-2-1-3-7-21/h1-15,18,24H,16-17H2,(H,27,30)/t24-/m0/s1. The lowest BCUT2D eigenvalue weighted by atomic mass is 10.2. The van der Waals surface area contributed by atoms with E-state index in [-0.39, 0.29) is 23.9 Å². The van der Waals surface area contributed by atoms with Crippen LogP contribution in [0.15, 0.2) is 102 Å². The number of carbonyl (C=O) groups is 1. The molecule has 172 valence electrons. The number of imidazole rings is 1. The SMILES string of the molecule is O=C(NCc1ccc(-n2ccnc2)cc1)[C@@H]1CN(S(=O)(=O)c2ccccc2)c2ccccc2O1. The predicted octanol–water partition coefficient (Wildman–Crippen LogP) is 3.15. The van der Waals surface area contributed by atoms with Crippen molar-refractivity contribution in [3.8, 4) is 11.4 Å². The molecule has 0 aliphatic carbocycles. The van der Waals surface area contributed by atoms with E-state index in [4.69, 9.17) is 4.74 Å². The van der Waals surface area contributed by atoms with Gasteiger partial charge >= 0.3 is 0 Å². The quantitative estimate of drug-likeness (QED) is 0.463. The Hall–Kier alpha value is -4.11. The van der Waals surface area contributed by atoms with E-state index in [1.54, 1.807) is 55.0 Å². The fourth-order valence-electron chi connectivity index (χ4n) is 3.79. The number of hydrogen-bond donors (Lipinski definition) is 1. The number of rotatable bonds is 6. The van der Waals surface area contributed by atoms with Crippen LogP contribution in [-0.2, 0) is 21.4 Å². The minimum Gasteiger partial charge on any atom is -0.476 e. The fraction of sp³-hybridized carbons (Fsp3) is 0.120. The summed E-state index contributed by atoms with van der Waals surface area (Å²) in [5.74, 6) is -0.0421. The summed E-state index contributed by atoms with van der Waals surface area (Å²) in [5.41, 5.74) is 2.27. The van der Waals surface area contributed by atoms with Gasteiger partial charge in [-0.1, -0.05) is 42.5 Å². The molecule has 1 atom stereocenters. The average molecular weight is 475 g/mol.